The lowest BCUT2D eigenvalue weighted by Crippen LogP contribution is -2.34. The monoisotopic (exact) mass is 260 g/mol. The second kappa shape index (κ2) is 6.27. The van der Waals surface area contributed by atoms with Gasteiger partial charge in [-0.25, -0.2) is 8.78 Å². The van der Waals surface area contributed by atoms with Gasteiger partial charge in [-0.3, -0.25) is 4.79 Å². The van der Waals surface area contributed by atoms with E-state index in [1.54, 1.807) is 0 Å². The molecule has 1 amide bonds. The summed E-state index contributed by atoms with van der Waals surface area (Å²) in [6, 6.07) is 1.52. The van der Waals surface area contributed by atoms with Gasteiger partial charge in [-0.2, -0.15) is 0 Å². The zero-order chi connectivity index (χ0) is 13.7. The lowest BCUT2D eigenvalue weighted by molar-refractivity contribution is 0.0609. The quantitative estimate of drug-likeness (QED) is 0.664. The molecule has 1 rings (SSSR count). The fourth-order valence-corrected chi connectivity index (χ4v) is 1.33. The van der Waals surface area contributed by atoms with Gasteiger partial charge in [0.1, 0.15) is 5.82 Å². The van der Waals surface area contributed by atoms with Crippen molar-refractivity contribution in [2.45, 2.75) is 6.10 Å². The van der Waals surface area contributed by atoms with Gasteiger partial charge in [0.15, 0.2) is 5.82 Å². The number of methoxy groups -OCH3 is 1. The lowest BCUT2D eigenvalue weighted by atomic mass is 10.1. The van der Waals surface area contributed by atoms with Crippen LogP contribution in [-0.4, -0.2) is 37.4 Å². The van der Waals surface area contributed by atoms with E-state index in [1.807, 2.05) is 0 Å². The molecular formula is C11H14F2N2O3. The summed E-state index contributed by atoms with van der Waals surface area (Å²) < 4.78 is 31.1. The van der Waals surface area contributed by atoms with Crippen molar-refractivity contribution in [2.24, 2.45) is 0 Å². The first-order valence-corrected chi connectivity index (χ1v) is 5.15. The highest BCUT2D eigenvalue weighted by Crippen LogP contribution is 2.17. The number of aliphatic hydroxyl groups excluding tert-OH is 1. The molecule has 4 N–H and O–H groups in total. The van der Waals surface area contributed by atoms with Gasteiger partial charge in [-0.1, -0.05) is 0 Å². The molecule has 7 heteroatoms. The fraction of sp³-hybridized carbons (Fsp3) is 0.364. The summed E-state index contributed by atoms with van der Waals surface area (Å²) in [5.41, 5.74) is 4.25. The highest BCUT2D eigenvalue weighted by atomic mass is 19.1. The summed E-state index contributed by atoms with van der Waals surface area (Å²) in [6.45, 7) is -0.115. The van der Waals surface area contributed by atoms with E-state index in [2.05, 4.69) is 10.1 Å². The Morgan fingerprint density at radius 3 is 2.83 bits per heavy atom. The van der Waals surface area contributed by atoms with Crippen LogP contribution in [0.25, 0.3) is 0 Å². The number of hydrogen-bond donors (Lipinski definition) is 3. The summed E-state index contributed by atoms with van der Waals surface area (Å²) >= 11 is 0. The van der Waals surface area contributed by atoms with E-state index in [9.17, 15) is 18.7 Å². The number of rotatable bonds is 5. The first-order chi connectivity index (χ1) is 8.45. The number of ether oxygens (including phenoxy) is 1. The van der Waals surface area contributed by atoms with Gasteiger partial charge < -0.3 is 20.9 Å². The van der Waals surface area contributed by atoms with Gasteiger partial charge >= 0.3 is 0 Å². The normalized spacial score (nSPS) is 12.2. The SMILES string of the molecule is COCC(O)CNC(=O)c1cc(F)cc(N)c1F. The number of hydrogen-bond acceptors (Lipinski definition) is 4. The molecule has 100 valence electrons. The van der Waals surface area contributed by atoms with E-state index in [0.29, 0.717) is 0 Å². The zero-order valence-electron chi connectivity index (χ0n) is 9.74. The molecule has 1 aromatic carbocycles. The number of carbonyl (C=O) groups excluding carboxylic acids is 1. The summed E-state index contributed by atoms with van der Waals surface area (Å²) in [7, 11) is 1.39. The van der Waals surface area contributed by atoms with E-state index in [4.69, 9.17) is 5.73 Å². The largest absolute Gasteiger partial charge is 0.396 e. The molecule has 0 aliphatic rings. The van der Waals surface area contributed by atoms with Crippen molar-refractivity contribution in [1.82, 2.24) is 5.32 Å². The molecule has 1 aromatic rings. The average molecular weight is 260 g/mol. The van der Waals surface area contributed by atoms with Crippen molar-refractivity contribution in [3.63, 3.8) is 0 Å². The van der Waals surface area contributed by atoms with Crippen LogP contribution in [0, 0.1) is 11.6 Å². The van der Waals surface area contributed by atoms with Crippen molar-refractivity contribution in [3.05, 3.63) is 29.3 Å². The average Bonchev–Trinajstić information content (AvgIpc) is 2.31. The number of amides is 1. The maximum atomic E-state index is 13.5. The highest BCUT2D eigenvalue weighted by molar-refractivity contribution is 5.95. The van der Waals surface area contributed by atoms with E-state index < -0.39 is 34.9 Å². The number of carbonyl (C=O) groups is 1. The molecule has 0 saturated carbocycles. The number of nitrogens with two attached hydrogens (primary N) is 1. The van der Waals surface area contributed by atoms with Crippen LogP contribution in [0.4, 0.5) is 14.5 Å². The Hall–Kier alpha value is -1.73. The Balaban J connectivity index is 2.73. The van der Waals surface area contributed by atoms with Crippen molar-refractivity contribution in [3.8, 4) is 0 Å². The number of nitrogens with one attached hydrogen (secondary N) is 1. The van der Waals surface area contributed by atoms with Crippen molar-refractivity contribution in [1.29, 1.82) is 0 Å². The van der Waals surface area contributed by atoms with Crippen molar-refractivity contribution >= 4 is 11.6 Å². The molecule has 1 atom stereocenters. The number of benzene rings is 1. The third kappa shape index (κ3) is 3.64. The molecule has 0 aliphatic carbocycles. The number of aliphatic hydroxyl groups is 1. The predicted molar refractivity (Wildman–Crippen MR) is 61.0 cm³/mol. The maximum Gasteiger partial charge on any atom is 0.254 e. The standard InChI is InChI=1S/C11H14F2N2O3/c1-18-5-7(16)4-15-11(17)8-2-6(12)3-9(14)10(8)13/h2-3,7,16H,4-5,14H2,1H3,(H,15,17). The van der Waals surface area contributed by atoms with Crippen LogP contribution < -0.4 is 11.1 Å². The summed E-state index contributed by atoms with van der Waals surface area (Å²) in [6.07, 6.45) is -0.923. The van der Waals surface area contributed by atoms with Crippen molar-refractivity contribution in [2.75, 3.05) is 26.0 Å². The summed E-state index contributed by atoms with van der Waals surface area (Å²) in [5.74, 6) is -2.65. The molecule has 0 bridgehead atoms. The molecule has 0 radical (unpaired) electrons. The third-order valence-corrected chi connectivity index (χ3v) is 2.17. The van der Waals surface area contributed by atoms with Crippen molar-refractivity contribution < 1.29 is 23.4 Å². The van der Waals surface area contributed by atoms with Crippen LogP contribution in [0.3, 0.4) is 0 Å². The molecule has 1 unspecified atom stereocenters. The Labute approximate surface area is 103 Å². The van der Waals surface area contributed by atoms with Gasteiger partial charge in [0.25, 0.3) is 5.91 Å². The van der Waals surface area contributed by atoms with E-state index >= 15 is 0 Å². The Kier molecular flexibility index (Phi) is 4.99. The van der Waals surface area contributed by atoms with Gasteiger partial charge in [0, 0.05) is 13.7 Å². The number of anilines is 1. The highest BCUT2D eigenvalue weighted by Gasteiger charge is 2.16. The number of halogens is 2. The molecular weight excluding hydrogens is 246 g/mol. The first-order valence-electron chi connectivity index (χ1n) is 5.15. The fourth-order valence-electron chi connectivity index (χ4n) is 1.33. The minimum absolute atomic E-state index is 0.0219. The molecule has 0 heterocycles. The molecule has 0 saturated heterocycles. The first kappa shape index (κ1) is 14.3. The number of nitrogen functional groups attached to an aromatic ring is 1. The van der Waals surface area contributed by atoms with Crippen LogP contribution in [0.15, 0.2) is 12.1 Å². The van der Waals surface area contributed by atoms with Crippen LogP contribution in [0.1, 0.15) is 10.4 Å². The van der Waals surface area contributed by atoms with E-state index in [1.165, 1.54) is 7.11 Å². The minimum Gasteiger partial charge on any atom is -0.396 e. The van der Waals surface area contributed by atoms with Crippen LogP contribution in [-0.2, 0) is 4.74 Å². The van der Waals surface area contributed by atoms with E-state index in [0.717, 1.165) is 12.1 Å². The molecule has 18 heavy (non-hydrogen) atoms. The molecule has 0 aromatic heterocycles. The summed E-state index contributed by atoms with van der Waals surface area (Å²) in [5, 5.41) is 11.5. The minimum atomic E-state index is -0.991. The Morgan fingerprint density at radius 1 is 1.56 bits per heavy atom. The summed E-state index contributed by atoms with van der Waals surface area (Å²) in [4.78, 5) is 11.6. The maximum absolute atomic E-state index is 13.5. The second-order valence-electron chi connectivity index (χ2n) is 3.68. The predicted octanol–water partition coefficient (Wildman–Crippen LogP) is 0.284. The van der Waals surface area contributed by atoms with Gasteiger partial charge in [-0.05, 0) is 12.1 Å². The van der Waals surface area contributed by atoms with Crippen LogP contribution >= 0.6 is 0 Å². The molecule has 0 fully saturated rings. The molecule has 0 aliphatic heterocycles. The van der Waals surface area contributed by atoms with Crippen LogP contribution in [0.5, 0.6) is 0 Å². The van der Waals surface area contributed by atoms with Gasteiger partial charge in [-0.15, -0.1) is 0 Å². The lowest BCUT2D eigenvalue weighted by Gasteiger charge is -2.11. The van der Waals surface area contributed by atoms with Crippen LogP contribution in [0.2, 0.25) is 0 Å². The van der Waals surface area contributed by atoms with E-state index in [-0.39, 0.29) is 13.2 Å². The third-order valence-electron chi connectivity index (χ3n) is 2.17. The molecule has 5 nitrogen and oxygen atoms in total. The smallest absolute Gasteiger partial charge is 0.254 e. The Morgan fingerprint density at radius 2 is 2.22 bits per heavy atom. The molecule has 0 spiro atoms. The zero-order valence-corrected chi connectivity index (χ0v) is 9.74. The van der Waals surface area contributed by atoms with Gasteiger partial charge in [0.2, 0.25) is 0 Å². The second-order valence-corrected chi connectivity index (χ2v) is 3.68. The van der Waals surface area contributed by atoms with Gasteiger partial charge in [0.05, 0.1) is 24.0 Å². The topological polar surface area (TPSA) is 84.6 Å². The Bertz CT molecular complexity index is 441.